The lowest BCUT2D eigenvalue weighted by molar-refractivity contribution is 0.296. The van der Waals surface area contributed by atoms with Gasteiger partial charge in [0, 0.05) is 36.9 Å². The second-order valence-corrected chi connectivity index (χ2v) is 7.60. The Morgan fingerprint density at radius 1 is 1.32 bits per heavy atom. The number of guanidine groups is 1. The van der Waals surface area contributed by atoms with E-state index in [0.29, 0.717) is 24.7 Å². The molecule has 0 bridgehead atoms. The monoisotopic (exact) mass is 361 g/mol. The molecule has 0 saturated heterocycles. The molecule has 6 nitrogen and oxygen atoms in total. The standard InChI is InChI=1S/C18H27N5OS/c1-14-22-16(24-23-14)8-11-20-17(19-2)21-13-18(9-4-3-5-10-18)15-7-6-12-25-15/h6-7,12H,3-5,8-11,13H2,1-2H3,(H2,19,20,21). The van der Waals surface area contributed by atoms with E-state index in [1.807, 2.05) is 25.3 Å². The van der Waals surface area contributed by atoms with Gasteiger partial charge in [-0.1, -0.05) is 30.5 Å². The molecule has 0 aromatic carbocycles. The van der Waals surface area contributed by atoms with Crippen molar-refractivity contribution in [1.82, 2.24) is 20.8 Å². The van der Waals surface area contributed by atoms with Crippen LogP contribution in [0.4, 0.5) is 0 Å². The van der Waals surface area contributed by atoms with Crippen molar-refractivity contribution in [3.63, 3.8) is 0 Å². The van der Waals surface area contributed by atoms with Crippen molar-refractivity contribution in [1.29, 1.82) is 0 Å². The van der Waals surface area contributed by atoms with E-state index in [4.69, 9.17) is 4.52 Å². The van der Waals surface area contributed by atoms with Crippen LogP contribution in [0.3, 0.4) is 0 Å². The first-order valence-corrected chi connectivity index (χ1v) is 9.87. The van der Waals surface area contributed by atoms with E-state index in [1.165, 1.54) is 37.0 Å². The van der Waals surface area contributed by atoms with Gasteiger partial charge in [-0.3, -0.25) is 4.99 Å². The van der Waals surface area contributed by atoms with Gasteiger partial charge in [0.15, 0.2) is 11.8 Å². The molecule has 0 aliphatic heterocycles. The zero-order chi connectivity index (χ0) is 17.5. The predicted octanol–water partition coefficient (Wildman–Crippen LogP) is 3.05. The molecule has 1 aliphatic rings. The fourth-order valence-electron chi connectivity index (χ4n) is 3.52. The molecule has 0 unspecified atom stereocenters. The Bertz CT molecular complexity index is 673. The Morgan fingerprint density at radius 3 is 2.80 bits per heavy atom. The van der Waals surface area contributed by atoms with Crippen molar-refractivity contribution in [2.24, 2.45) is 4.99 Å². The van der Waals surface area contributed by atoms with Crippen LogP contribution in [0.25, 0.3) is 0 Å². The third-order valence-corrected chi connectivity index (χ3v) is 5.99. The largest absolute Gasteiger partial charge is 0.356 e. The molecular formula is C18H27N5OS. The Balaban J connectivity index is 1.53. The number of aryl methyl sites for hydroxylation is 1. The second-order valence-electron chi connectivity index (χ2n) is 6.66. The van der Waals surface area contributed by atoms with E-state index in [2.05, 4.69) is 43.3 Å². The van der Waals surface area contributed by atoms with Crippen LogP contribution in [0.1, 0.15) is 48.7 Å². The summed E-state index contributed by atoms with van der Waals surface area (Å²) in [7, 11) is 1.81. The van der Waals surface area contributed by atoms with Crippen LogP contribution in [0, 0.1) is 6.92 Å². The van der Waals surface area contributed by atoms with Gasteiger partial charge in [0.2, 0.25) is 5.89 Å². The van der Waals surface area contributed by atoms with Crippen LogP contribution in [0.2, 0.25) is 0 Å². The molecule has 3 rings (SSSR count). The van der Waals surface area contributed by atoms with E-state index in [-0.39, 0.29) is 5.41 Å². The Morgan fingerprint density at radius 2 is 2.16 bits per heavy atom. The minimum absolute atomic E-state index is 0.244. The number of aromatic nitrogens is 2. The van der Waals surface area contributed by atoms with Gasteiger partial charge in [-0.25, -0.2) is 0 Å². The molecule has 2 aromatic rings. The van der Waals surface area contributed by atoms with Gasteiger partial charge >= 0.3 is 0 Å². The molecule has 2 N–H and O–H groups in total. The fourth-order valence-corrected chi connectivity index (χ4v) is 4.51. The quantitative estimate of drug-likeness (QED) is 0.611. The molecule has 1 aliphatic carbocycles. The summed E-state index contributed by atoms with van der Waals surface area (Å²) in [6.45, 7) is 3.47. The molecular weight excluding hydrogens is 334 g/mol. The summed E-state index contributed by atoms with van der Waals surface area (Å²) in [5.41, 5.74) is 0.244. The zero-order valence-corrected chi connectivity index (χ0v) is 15.9. The average Bonchev–Trinajstić information content (AvgIpc) is 3.31. The molecule has 2 heterocycles. The molecule has 0 spiro atoms. The minimum atomic E-state index is 0.244. The summed E-state index contributed by atoms with van der Waals surface area (Å²) in [5.74, 6) is 2.16. The van der Waals surface area contributed by atoms with Crippen LogP contribution in [0.5, 0.6) is 0 Å². The van der Waals surface area contributed by atoms with E-state index < -0.39 is 0 Å². The summed E-state index contributed by atoms with van der Waals surface area (Å²) in [6, 6.07) is 4.45. The summed E-state index contributed by atoms with van der Waals surface area (Å²) >= 11 is 1.88. The Kier molecular flexibility index (Phi) is 6.07. The molecule has 0 radical (unpaired) electrons. The zero-order valence-electron chi connectivity index (χ0n) is 15.0. The van der Waals surface area contributed by atoms with Gasteiger partial charge in [-0.15, -0.1) is 11.3 Å². The van der Waals surface area contributed by atoms with Crippen LogP contribution in [0.15, 0.2) is 27.0 Å². The minimum Gasteiger partial charge on any atom is -0.356 e. The SMILES string of the molecule is CN=C(NCCc1nc(C)no1)NCC1(c2cccs2)CCCCC1. The number of hydrogen-bond donors (Lipinski definition) is 2. The highest BCUT2D eigenvalue weighted by Crippen LogP contribution is 2.41. The van der Waals surface area contributed by atoms with Crippen LogP contribution < -0.4 is 10.6 Å². The number of thiophene rings is 1. The average molecular weight is 362 g/mol. The van der Waals surface area contributed by atoms with Crippen molar-refractivity contribution < 1.29 is 4.52 Å². The van der Waals surface area contributed by atoms with Gasteiger partial charge < -0.3 is 15.2 Å². The summed E-state index contributed by atoms with van der Waals surface area (Å²) < 4.78 is 5.14. The fraction of sp³-hybridized carbons (Fsp3) is 0.611. The molecule has 7 heteroatoms. The summed E-state index contributed by atoms with van der Waals surface area (Å²) in [6.07, 6.45) is 7.16. The van der Waals surface area contributed by atoms with E-state index in [1.54, 1.807) is 0 Å². The molecule has 0 amide bonds. The van der Waals surface area contributed by atoms with Crippen LogP contribution >= 0.6 is 11.3 Å². The maximum absolute atomic E-state index is 5.14. The lowest BCUT2D eigenvalue weighted by Gasteiger charge is -2.37. The van der Waals surface area contributed by atoms with Gasteiger partial charge in [-0.05, 0) is 31.2 Å². The third kappa shape index (κ3) is 4.60. The highest BCUT2D eigenvalue weighted by atomic mass is 32.1. The van der Waals surface area contributed by atoms with E-state index >= 15 is 0 Å². The number of nitrogens with zero attached hydrogens (tertiary/aromatic N) is 3. The third-order valence-electron chi connectivity index (χ3n) is 4.87. The highest BCUT2D eigenvalue weighted by molar-refractivity contribution is 7.10. The van der Waals surface area contributed by atoms with Crippen molar-refractivity contribution in [3.05, 3.63) is 34.1 Å². The molecule has 1 fully saturated rings. The van der Waals surface area contributed by atoms with Crippen molar-refractivity contribution >= 4 is 17.3 Å². The number of nitrogens with one attached hydrogen (secondary N) is 2. The molecule has 136 valence electrons. The molecule has 1 saturated carbocycles. The first-order chi connectivity index (χ1) is 12.2. The maximum Gasteiger partial charge on any atom is 0.228 e. The first-order valence-electron chi connectivity index (χ1n) is 8.99. The number of aliphatic imine (C=N–C) groups is 1. The number of rotatable bonds is 6. The second kappa shape index (κ2) is 8.47. The summed E-state index contributed by atoms with van der Waals surface area (Å²) in [5, 5.41) is 12.9. The van der Waals surface area contributed by atoms with Gasteiger partial charge in [-0.2, -0.15) is 4.98 Å². The van der Waals surface area contributed by atoms with Crippen molar-refractivity contribution in [2.45, 2.75) is 50.9 Å². The lowest BCUT2D eigenvalue weighted by atomic mass is 9.73. The maximum atomic E-state index is 5.14. The Hall–Kier alpha value is -1.89. The van der Waals surface area contributed by atoms with Gasteiger partial charge in [0.25, 0.3) is 0 Å². The highest BCUT2D eigenvalue weighted by Gasteiger charge is 2.34. The summed E-state index contributed by atoms with van der Waals surface area (Å²) in [4.78, 5) is 10.1. The Labute approximate surface area is 153 Å². The molecule has 0 atom stereocenters. The van der Waals surface area contributed by atoms with Crippen molar-refractivity contribution in [2.75, 3.05) is 20.1 Å². The number of hydrogen-bond acceptors (Lipinski definition) is 5. The predicted molar refractivity (Wildman–Crippen MR) is 101 cm³/mol. The molecule has 25 heavy (non-hydrogen) atoms. The topological polar surface area (TPSA) is 75.3 Å². The molecule has 2 aromatic heterocycles. The van der Waals surface area contributed by atoms with Gasteiger partial charge in [0.1, 0.15) is 0 Å². The lowest BCUT2D eigenvalue weighted by Crippen LogP contribution is -2.46. The normalized spacial score (nSPS) is 17.4. The van der Waals surface area contributed by atoms with Crippen LogP contribution in [-0.4, -0.2) is 36.2 Å². The van der Waals surface area contributed by atoms with E-state index in [9.17, 15) is 0 Å². The smallest absolute Gasteiger partial charge is 0.228 e. The van der Waals surface area contributed by atoms with Crippen LogP contribution in [-0.2, 0) is 11.8 Å². The first kappa shape index (κ1) is 17.9. The van der Waals surface area contributed by atoms with E-state index in [0.717, 1.165) is 12.5 Å². The van der Waals surface area contributed by atoms with Gasteiger partial charge in [0.05, 0.1) is 0 Å². The van der Waals surface area contributed by atoms with Crippen molar-refractivity contribution in [3.8, 4) is 0 Å².